The van der Waals surface area contributed by atoms with Crippen LogP contribution < -0.4 is 4.90 Å². The zero-order valence-electron chi connectivity index (χ0n) is 37.5. The fourth-order valence-electron chi connectivity index (χ4n) is 10.1. The van der Waals surface area contributed by atoms with Crippen LogP contribution >= 0.6 is 0 Å². The summed E-state index contributed by atoms with van der Waals surface area (Å²) in [6.45, 7) is 0. The van der Waals surface area contributed by atoms with E-state index >= 15 is 0 Å². The second-order valence-electron chi connectivity index (χ2n) is 17.2. The van der Waals surface area contributed by atoms with Crippen LogP contribution in [0, 0.1) is 0 Å². The van der Waals surface area contributed by atoms with Crippen LogP contribution in [0.25, 0.3) is 94.3 Å². The zero-order chi connectivity index (χ0) is 45.2. The van der Waals surface area contributed by atoms with Crippen LogP contribution in [0.2, 0.25) is 0 Å². The average molecular weight is 867 g/mol. The Kier molecular flexibility index (Phi) is 10.6. The Balaban J connectivity index is 1.09. The minimum atomic E-state index is 1.06. The minimum absolute atomic E-state index is 1.06. The molecule has 0 unspecified atom stereocenters. The van der Waals surface area contributed by atoms with Gasteiger partial charge < -0.3 is 9.47 Å². The molecule has 0 amide bonds. The van der Waals surface area contributed by atoms with Crippen molar-refractivity contribution in [2.45, 2.75) is 0 Å². The van der Waals surface area contributed by atoms with E-state index in [9.17, 15) is 0 Å². The molecule has 1 heterocycles. The molecule has 68 heavy (non-hydrogen) atoms. The van der Waals surface area contributed by atoms with Crippen molar-refractivity contribution in [3.8, 4) is 72.4 Å². The molecule has 2 heteroatoms. The third-order valence-electron chi connectivity index (χ3n) is 13.2. The third-order valence-corrected chi connectivity index (χ3v) is 13.2. The number of hydrogen-bond acceptors (Lipinski definition) is 1. The number of aromatic nitrogens is 1. The van der Waals surface area contributed by atoms with Gasteiger partial charge in [0.05, 0.1) is 22.4 Å². The molecule has 0 spiro atoms. The summed E-state index contributed by atoms with van der Waals surface area (Å²) in [5.41, 5.74) is 20.8. The van der Waals surface area contributed by atoms with Crippen LogP contribution in [-0.4, -0.2) is 4.57 Å². The summed E-state index contributed by atoms with van der Waals surface area (Å²) in [6, 6.07) is 101. The highest BCUT2D eigenvalue weighted by atomic mass is 15.1. The van der Waals surface area contributed by atoms with E-state index in [1.807, 2.05) is 0 Å². The molecule has 0 aliphatic rings. The van der Waals surface area contributed by atoms with E-state index in [-0.39, 0.29) is 0 Å². The van der Waals surface area contributed by atoms with Crippen molar-refractivity contribution >= 4 is 38.9 Å². The Hall–Kier alpha value is -8.98. The van der Waals surface area contributed by atoms with Crippen molar-refractivity contribution in [1.82, 2.24) is 4.57 Å². The molecular formula is C66H46N2. The van der Waals surface area contributed by atoms with Crippen molar-refractivity contribution in [3.63, 3.8) is 0 Å². The van der Waals surface area contributed by atoms with Crippen molar-refractivity contribution in [2.75, 3.05) is 4.90 Å². The van der Waals surface area contributed by atoms with Crippen molar-refractivity contribution in [2.24, 2.45) is 0 Å². The second-order valence-corrected chi connectivity index (χ2v) is 17.2. The third kappa shape index (κ3) is 7.35. The Morgan fingerprint density at radius 2 is 0.676 bits per heavy atom. The van der Waals surface area contributed by atoms with Gasteiger partial charge in [0.2, 0.25) is 0 Å². The number of nitrogens with zero attached hydrogens (tertiary/aromatic N) is 2. The van der Waals surface area contributed by atoms with E-state index in [0.717, 1.165) is 50.6 Å². The molecule has 0 bridgehead atoms. The van der Waals surface area contributed by atoms with Crippen LogP contribution in [0.4, 0.5) is 17.1 Å². The Bertz CT molecular complexity index is 3690. The van der Waals surface area contributed by atoms with Gasteiger partial charge in [0, 0.05) is 33.3 Å². The summed E-state index contributed by atoms with van der Waals surface area (Å²) in [5.74, 6) is 0. The number of benzene rings is 11. The maximum atomic E-state index is 2.48. The maximum Gasteiger partial charge on any atom is 0.0547 e. The van der Waals surface area contributed by atoms with E-state index in [1.54, 1.807) is 0 Å². The SMILES string of the molecule is c1ccc(-c2ccc(-c3ccccc3N(c3ccc(-c4cccc5c4c4ccccc4n5-c4ccccc4)cc3)c3cccc(-c4ccccc4)c3-c3ccccc3-c3ccccc3)cc2)cc1. The number of fused-ring (bicyclic) bond motifs is 3. The minimum Gasteiger partial charge on any atom is -0.309 e. The monoisotopic (exact) mass is 866 g/mol. The first-order valence-corrected chi connectivity index (χ1v) is 23.3. The lowest BCUT2D eigenvalue weighted by molar-refractivity contribution is 1.18. The van der Waals surface area contributed by atoms with Gasteiger partial charge in [-0.1, -0.05) is 231 Å². The predicted octanol–water partition coefficient (Wildman–Crippen LogP) is 18.3. The van der Waals surface area contributed by atoms with Gasteiger partial charge in [0.15, 0.2) is 0 Å². The molecule has 0 saturated heterocycles. The molecule has 0 aliphatic carbocycles. The highest BCUT2D eigenvalue weighted by molar-refractivity contribution is 6.16. The first-order valence-electron chi connectivity index (χ1n) is 23.3. The van der Waals surface area contributed by atoms with Crippen LogP contribution in [-0.2, 0) is 0 Å². The summed E-state index contributed by atoms with van der Waals surface area (Å²) in [4.78, 5) is 2.48. The lowest BCUT2D eigenvalue weighted by Crippen LogP contribution is -2.13. The van der Waals surface area contributed by atoms with Gasteiger partial charge in [-0.25, -0.2) is 0 Å². The highest BCUT2D eigenvalue weighted by Crippen LogP contribution is 2.50. The fraction of sp³-hybridized carbons (Fsp3) is 0. The zero-order valence-corrected chi connectivity index (χ0v) is 37.5. The van der Waals surface area contributed by atoms with Crippen LogP contribution in [0.15, 0.2) is 279 Å². The lowest BCUT2D eigenvalue weighted by Gasteiger charge is -2.31. The summed E-state index contributed by atoms with van der Waals surface area (Å²) < 4.78 is 2.39. The predicted molar refractivity (Wildman–Crippen MR) is 288 cm³/mol. The molecule has 0 atom stereocenters. The quantitative estimate of drug-likeness (QED) is 0.133. The average Bonchev–Trinajstić information content (AvgIpc) is 3.77. The second kappa shape index (κ2) is 17.8. The summed E-state index contributed by atoms with van der Waals surface area (Å²) >= 11 is 0. The topological polar surface area (TPSA) is 8.17 Å². The Morgan fingerprint density at radius 1 is 0.250 bits per heavy atom. The van der Waals surface area contributed by atoms with Gasteiger partial charge >= 0.3 is 0 Å². The van der Waals surface area contributed by atoms with E-state index in [4.69, 9.17) is 0 Å². The number of para-hydroxylation sites is 3. The van der Waals surface area contributed by atoms with Gasteiger partial charge in [-0.05, 0) is 104 Å². The Morgan fingerprint density at radius 3 is 1.38 bits per heavy atom. The summed E-state index contributed by atoms with van der Waals surface area (Å²) in [7, 11) is 0. The first kappa shape index (κ1) is 40.5. The standard InChI is InChI=1S/C66H46N2/c1-5-21-47(22-6-1)48-39-41-51(42-40-48)56-30-15-17-35-61(56)68(63-37-19-33-57(50-25-9-3-10-26-50)65(63)59-31-14-13-29-55(59)49-23-7-2-8-24-49)54-45-43-52(44-46-54)58-34-20-38-64-66(58)60-32-16-18-36-62(60)67(64)53-27-11-4-12-28-53/h1-46H. The molecule has 320 valence electrons. The molecule has 12 aromatic rings. The first-order chi connectivity index (χ1) is 33.8. The summed E-state index contributed by atoms with van der Waals surface area (Å²) in [6.07, 6.45) is 0. The van der Waals surface area contributed by atoms with E-state index in [1.165, 1.54) is 60.8 Å². The van der Waals surface area contributed by atoms with Gasteiger partial charge in [-0.2, -0.15) is 0 Å². The highest BCUT2D eigenvalue weighted by Gasteiger charge is 2.25. The van der Waals surface area contributed by atoms with Gasteiger partial charge in [0.25, 0.3) is 0 Å². The molecule has 11 aromatic carbocycles. The molecule has 0 fully saturated rings. The molecule has 0 N–H and O–H groups in total. The van der Waals surface area contributed by atoms with Crippen molar-refractivity contribution < 1.29 is 0 Å². The Labute approximate surface area is 397 Å². The maximum absolute atomic E-state index is 2.48. The van der Waals surface area contributed by atoms with Crippen molar-refractivity contribution in [1.29, 1.82) is 0 Å². The fourth-order valence-corrected chi connectivity index (χ4v) is 10.1. The van der Waals surface area contributed by atoms with Gasteiger partial charge in [-0.3, -0.25) is 0 Å². The van der Waals surface area contributed by atoms with Crippen LogP contribution in [0.3, 0.4) is 0 Å². The largest absolute Gasteiger partial charge is 0.309 e. The molecule has 0 radical (unpaired) electrons. The van der Waals surface area contributed by atoms with Crippen LogP contribution in [0.1, 0.15) is 0 Å². The molecule has 2 nitrogen and oxygen atoms in total. The van der Waals surface area contributed by atoms with E-state index in [2.05, 4.69) is 289 Å². The van der Waals surface area contributed by atoms with E-state index < -0.39 is 0 Å². The molecule has 1 aromatic heterocycles. The number of rotatable bonds is 10. The lowest BCUT2D eigenvalue weighted by atomic mass is 9.87. The smallest absolute Gasteiger partial charge is 0.0547 e. The molecular weight excluding hydrogens is 821 g/mol. The molecule has 0 saturated carbocycles. The molecule has 0 aliphatic heterocycles. The van der Waals surface area contributed by atoms with Gasteiger partial charge in [0.1, 0.15) is 0 Å². The normalized spacial score (nSPS) is 11.2. The van der Waals surface area contributed by atoms with Gasteiger partial charge in [-0.15, -0.1) is 0 Å². The van der Waals surface area contributed by atoms with E-state index in [0.29, 0.717) is 0 Å². The number of hydrogen-bond donors (Lipinski definition) is 0. The summed E-state index contributed by atoms with van der Waals surface area (Å²) in [5, 5.41) is 2.48. The number of anilines is 3. The van der Waals surface area contributed by atoms with Crippen LogP contribution in [0.5, 0.6) is 0 Å². The molecule has 12 rings (SSSR count). The van der Waals surface area contributed by atoms with Crippen molar-refractivity contribution in [3.05, 3.63) is 279 Å².